The smallest absolute Gasteiger partial charge is 0.262 e. The number of hydrogen-bond donors (Lipinski definition) is 0. The first-order valence-electron chi connectivity index (χ1n) is 6.60. The van der Waals surface area contributed by atoms with Crippen LogP contribution in [0.1, 0.15) is 53.9 Å². The fraction of sp³-hybridized carbons (Fsp3) is 0.500. The van der Waals surface area contributed by atoms with E-state index in [1.54, 1.807) is 10.9 Å². The van der Waals surface area contributed by atoms with E-state index in [9.17, 15) is 9.59 Å². The van der Waals surface area contributed by atoms with Crippen LogP contribution in [0.15, 0.2) is 11.1 Å². The molecule has 19 heavy (non-hydrogen) atoms. The molecule has 0 atom stereocenters. The Morgan fingerprint density at radius 3 is 2.74 bits per heavy atom. The first kappa shape index (κ1) is 12.5. The number of nitrogens with zero attached hydrogens (tertiary/aromatic N) is 2. The number of rotatable bonds is 2. The molecule has 0 saturated heterocycles. The zero-order valence-corrected chi connectivity index (χ0v) is 11.9. The fourth-order valence-corrected chi connectivity index (χ4v) is 3.95. The van der Waals surface area contributed by atoms with Crippen molar-refractivity contribution in [1.82, 2.24) is 9.55 Å². The highest BCUT2D eigenvalue weighted by Crippen LogP contribution is 2.31. The maximum atomic E-state index is 12.6. The molecule has 1 aliphatic rings. The topological polar surface area (TPSA) is 52.0 Å². The number of aromatic nitrogens is 2. The van der Waals surface area contributed by atoms with E-state index in [1.807, 2.05) is 6.92 Å². The Morgan fingerprint density at radius 1 is 1.42 bits per heavy atom. The van der Waals surface area contributed by atoms with Gasteiger partial charge < -0.3 is 0 Å². The lowest BCUT2D eigenvalue weighted by atomic mass is 10.1. The summed E-state index contributed by atoms with van der Waals surface area (Å²) in [5.74, 6) is 0.00677. The van der Waals surface area contributed by atoms with Gasteiger partial charge >= 0.3 is 0 Å². The third kappa shape index (κ3) is 1.92. The zero-order valence-electron chi connectivity index (χ0n) is 11.1. The highest BCUT2D eigenvalue weighted by molar-refractivity contribution is 7.20. The first-order valence-corrected chi connectivity index (χ1v) is 7.42. The van der Waals surface area contributed by atoms with Gasteiger partial charge in [-0.2, -0.15) is 0 Å². The van der Waals surface area contributed by atoms with Gasteiger partial charge in [-0.15, -0.1) is 11.3 Å². The summed E-state index contributed by atoms with van der Waals surface area (Å²) < 4.78 is 1.76. The van der Waals surface area contributed by atoms with Crippen molar-refractivity contribution >= 4 is 27.3 Å². The molecule has 0 N–H and O–H groups in total. The normalized spacial score (nSPS) is 16.3. The lowest BCUT2D eigenvalue weighted by Crippen LogP contribution is -2.23. The third-order valence-electron chi connectivity index (χ3n) is 3.91. The SMILES string of the molecule is CC(=O)c1sc2ncn(C3CCCC3)c(=O)c2c1C. The minimum absolute atomic E-state index is 0.00677. The van der Waals surface area contributed by atoms with Crippen LogP contribution in [0.5, 0.6) is 0 Å². The Kier molecular flexibility index (Phi) is 3.01. The number of aryl methyl sites for hydroxylation is 1. The minimum Gasteiger partial charge on any atom is -0.296 e. The molecule has 2 aromatic heterocycles. The molecular weight excluding hydrogens is 260 g/mol. The van der Waals surface area contributed by atoms with Crippen molar-refractivity contribution in [3.8, 4) is 0 Å². The molecule has 1 fully saturated rings. The van der Waals surface area contributed by atoms with Crippen LogP contribution in [0.4, 0.5) is 0 Å². The molecule has 0 unspecified atom stereocenters. The van der Waals surface area contributed by atoms with E-state index < -0.39 is 0 Å². The quantitative estimate of drug-likeness (QED) is 0.792. The Bertz CT molecular complexity index is 708. The van der Waals surface area contributed by atoms with Crippen LogP contribution < -0.4 is 5.56 Å². The van der Waals surface area contributed by atoms with Crippen LogP contribution >= 0.6 is 11.3 Å². The highest BCUT2D eigenvalue weighted by atomic mass is 32.1. The number of fused-ring (bicyclic) bond motifs is 1. The highest BCUT2D eigenvalue weighted by Gasteiger charge is 2.22. The van der Waals surface area contributed by atoms with Gasteiger partial charge in [0.1, 0.15) is 4.83 Å². The minimum atomic E-state index is 0.00677. The van der Waals surface area contributed by atoms with Gasteiger partial charge in [0.2, 0.25) is 0 Å². The van der Waals surface area contributed by atoms with Gasteiger partial charge in [-0.05, 0) is 32.3 Å². The number of thiophene rings is 1. The molecule has 100 valence electrons. The van der Waals surface area contributed by atoms with Gasteiger partial charge in [0.05, 0.1) is 16.6 Å². The van der Waals surface area contributed by atoms with E-state index >= 15 is 0 Å². The van der Waals surface area contributed by atoms with E-state index in [-0.39, 0.29) is 17.4 Å². The lowest BCUT2D eigenvalue weighted by Gasteiger charge is -2.12. The molecule has 0 bridgehead atoms. The molecule has 1 saturated carbocycles. The van der Waals surface area contributed by atoms with Crippen LogP contribution in [0, 0.1) is 6.92 Å². The average Bonchev–Trinajstić information content (AvgIpc) is 2.98. The van der Waals surface area contributed by atoms with Crippen molar-refractivity contribution < 1.29 is 4.79 Å². The van der Waals surface area contributed by atoms with Crippen molar-refractivity contribution in [2.24, 2.45) is 0 Å². The Labute approximate surface area is 115 Å². The first-order chi connectivity index (χ1) is 9.09. The third-order valence-corrected chi connectivity index (χ3v) is 5.21. The maximum absolute atomic E-state index is 12.6. The molecule has 1 aliphatic carbocycles. The van der Waals surface area contributed by atoms with Crippen LogP contribution in [0.3, 0.4) is 0 Å². The molecule has 3 rings (SSSR count). The van der Waals surface area contributed by atoms with Gasteiger partial charge in [-0.3, -0.25) is 14.2 Å². The second kappa shape index (κ2) is 4.56. The van der Waals surface area contributed by atoms with E-state index in [4.69, 9.17) is 0 Å². The Balaban J connectivity index is 2.23. The zero-order chi connectivity index (χ0) is 13.6. The number of hydrogen-bond acceptors (Lipinski definition) is 4. The summed E-state index contributed by atoms with van der Waals surface area (Å²) in [6.45, 7) is 3.38. The second-order valence-corrected chi connectivity index (χ2v) is 6.19. The van der Waals surface area contributed by atoms with E-state index in [0.717, 1.165) is 18.4 Å². The van der Waals surface area contributed by atoms with Crippen molar-refractivity contribution in [2.75, 3.05) is 0 Å². The van der Waals surface area contributed by atoms with Gasteiger partial charge in [-0.1, -0.05) is 12.8 Å². The fourth-order valence-electron chi connectivity index (χ4n) is 2.92. The average molecular weight is 276 g/mol. The van der Waals surface area contributed by atoms with Crippen LogP contribution in [-0.4, -0.2) is 15.3 Å². The summed E-state index contributed by atoms with van der Waals surface area (Å²) in [6, 6.07) is 0.282. The lowest BCUT2D eigenvalue weighted by molar-refractivity contribution is 0.102. The Morgan fingerprint density at radius 2 is 2.11 bits per heavy atom. The number of carbonyl (C=O) groups excluding carboxylic acids is 1. The molecular formula is C14H16N2O2S. The summed E-state index contributed by atoms with van der Waals surface area (Å²) >= 11 is 1.32. The van der Waals surface area contributed by atoms with E-state index in [1.165, 1.54) is 31.1 Å². The van der Waals surface area contributed by atoms with Gasteiger partial charge in [0.15, 0.2) is 5.78 Å². The summed E-state index contributed by atoms with van der Waals surface area (Å²) in [7, 11) is 0. The van der Waals surface area contributed by atoms with Crippen molar-refractivity contribution in [3.05, 3.63) is 27.1 Å². The predicted molar refractivity (Wildman–Crippen MR) is 76.1 cm³/mol. The van der Waals surface area contributed by atoms with Crippen LogP contribution in [-0.2, 0) is 0 Å². The van der Waals surface area contributed by atoms with Crippen molar-refractivity contribution in [1.29, 1.82) is 0 Å². The van der Waals surface area contributed by atoms with E-state index in [2.05, 4.69) is 4.98 Å². The van der Waals surface area contributed by atoms with Crippen LogP contribution in [0.25, 0.3) is 10.2 Å². The molecule has 0 radical (unpaired) electrons. The molecule has 0 amide bonds. The number of ketones is 1. The monoisotopic (exact) mass is 276 g/mol. The maximum Gasteiger partial charge on any atom is 0.262 e. The van der Waals surface area contributed by atoms with Gasteiger partial charge in [0, 0.05) is 6.04 Å². The Hall–Kier alpha value is -1.49. The number of Topliss-reactive ketones (excluding diaryl/α,β-unsaturated/α-hetero) is 1. The summed E-state index contributed by atoms with van der Waals surface area (Å²) in [6.07, 6.45) is 6.11. The largest absolute Gasteiger partial charge is 0.296 e. The van der Waals surface area contributed by atoms with Gasteiger partial charge in [-0.25, -0.2) is 4.98 Å². The summed E-state index contributed by atoms with van der Waals surface area (Å²) in [4.78, 5) is 29.9. The van der Waals surface area contributed by atoms with Gasteiger partial charge in [0.25, 0.3) is 5.56 Å². The second-order valence-electron chi connectivity index (χ2n) is 5.19. The van der Waals surface area contributed by atoms with Crippen molar-refractivity contribution in [2.45, 2.75) is 45.6 Å². The molecule has 4 nitrogen and oxygen atoms in total. The molecule has 5 heteroatoms. The predicted octanol–water partition coefficient (Wildman–Crippen LogP) is 3.08. The summed E-state index contributed by atoms with van der Waals surface area (Å²) in [5.41, 5.74) is 0.801. The summed E-state index contributed by atoms with van der Waals surface area (Å²) in [5, 5.41) is 0.629. The van der Waals surface area contributed by atoms with Crippen LogP contribution in [0.2, 0.25) is 0 Å². The standard InChI is InChI=1S/C14H16N2O2S/c1-8-11-13(19-12(8)9(2)17)15-7-16(14(11)18)10-5-3-4-6-10/h7,10H,3-6H2,1-2H3. The molecule has 0 spiro atoms. The molecule has 0 aromatic carbocycles. The molecule has 0 aliphatic heterocycles. The number of carbonyl (C=O) groups is 1. The molecule has 2 aromatic rings. The van der Waals surface area contributed by atoms with E-state index in [0.29, 0.717) is 15.1 Å². The molecule has 2 heterocycles. The van der Waals surface area contributed by atoms with Crippen molar-refractivity contribution in [3.63, 3.8) is 0 Å².